The molecule has 0 rings (SSSR count). The molecule has 0 aromatic heterocycles. The van der Waals surface area contributed by atoms with Crippen molar-refractivity contribution in [2.24, 2.45) is 0 Å². The summed E-state index contributed by atoms with van der Waals surface area (Å²) in [5.41, 5.74) is 0. The van der Waals surface area contributed by atoms with E-state index in [0.717, 1.165) is 6.92 Å². The minimum atomic E-state index is -0.833. The van der Waals surface area contributed by atoms with E-state index in [1.165, 1.54) is 21.3 Å². The zero-order valence-electron chi connectivity index (χ0n) is 7.86. The molecule has 4 N–H and O–H groups in total. The van der Waals surface area contributed by atoms with Crippen LogP contribution in [0, 0.1) is 0 Å². The monoisotopic (exact) mass is 183 g/mol. The van der Waals surface area contributed by atoms with Gasteiger partial charge >= 0.3 is 0 Å². The minimum absolute atomic E-state index is 0. The molecule has 0 aromatic carbocycles. The van der Waals surface area contributed by atoms with Crippen molar-refractivity contribution in [1.82, 2.24) is 6.15 Å². The average molecular weight is 183 g/mol. The normalized spacial score (nSPS) is 8.08. The maximum atomic E-state index is 9.00. The van der Waals surface area contributed by atoms with Gasteiger partial charge in [-0.15, -0.1) is 0 Å². The van der Waals surface area contributed by atoms with Crippen LogP contribution in [0.4, 0.5) is 0 Å². The first-order valence-electron chi connectivity index (χ1n) is 2.86. The third kappa shape index (κ3) is 22.8. The summed E-state index contributed by atoms with van der Waals surface area (Å²) in [4.78, 5) is 9.00. The highest BCUT2D eigenvalue weighted by Gasteiger charge is 1.96. The first-order valence-corrected chi connectivity index (χ1v) is 2.86. The van der Waals surface area contributed by atoms with Crippen molar-refractivity contribution < 1.29 is 24.1 Å². The molecule has 0 amide bonds. The van der Waals surface area contributed by atoms with Crippen LogP contribution >= 0.6 is 0 Å². The molecule has 0 aliphatic rings. The van der Waals surface area contributed by atoms with E-state index in [0.29, 0.717) is 0 Å². The Morgan fingerprint density at radius 1 is 1.17 bits per heavy atom. The molecule has 0 saturated carbocycles. The molecule has 0 unspecified atom stereocenters. The topological polar surface area (TPSA) is 100.0 Å². The van der Waals surface area contributed by atoms with E-state index in [-0.39, 0.29) is 6.15 Å². The number of rotatable bonds is 3. The molecular weight excluding hydrogens is 166 g/mol. The molecule has 0 aromatic rings. The lowest BCUT2D eigenvalue weighted by atomic mass is 10.9. The van der Waals surface area contributed by atoms with Gasteiger partial charge < -0.3 is 25.5 Å². The quantitative estimate of drug-likeness (QED) is 0.616. The highest BCUT2D eigenvalue weighted by atomic mass is 16.8. The van der Waals surface area contributed by atoms with Gasteiger partial charge in [0.2, 0.25) is 0 Å². The summed E-state index contributed by atoms with van der Waals surface area (Å²) in [6.45, 7) is 0.569. The van der Waals surface area contributed by atoms with Gasteiger partial charge in [-0.25, -0.2) is 0 Å². The molecule has 12 heavy (non-hydrogen) atoms. The van der Waals surface area contributed by atoms with Crippen molar-refractivity contribution in [3.05, 3.63) is 0 Å². The smallest absolute Gasteiger partial charge is 0.300 e. The molecule has 0 radical (unpaired) electrons. The Labute approximate surface area is 72.0 Å². The fourth-order valence-electron chi connectivity index (χ4n) is 0.289. The van der Waals surface area contributed by atoms with Gasteiger partial charge in [-0.1, -0.05) is 0 Å². The Morgan fingerprint density at radius 2 is 1.33 bits per heavy atom. The summed E-state index contributed by atoms with van der Waals surface area (Å²) in [7, 11) is 4.53. The molecule has 76 valence electrons. The SMILES string of the molecule is CC(=O)O.COC(OC)OC.N. The lowest BCUT2D eigenvalue weighted by molar-refractivity contribution is -0.252. The standard InChI is InChI=1S/C4H10O3.C2H4O2.H3N/c1-5-4(6-2)7-3;1-2(3)4;/h4H,1-3H3;1H3,(H,3,4);1H3. The van der Waals surface area contributed by atoms with E-state index < -0.39 is 12.4 Å². The molecule has 0 saturated heterocycles. The van der Waals surface area contributed by atoms with Crippen molar-refractivity contribution >= 4 is 5.97 Å². The van der Waals surface area contributed by atoms with E-state index in [1.54, 1.807) is 0 Å². The van der Waals surface area contributed by atoms with Crippen LogP contribution < -0.4 is 6.15 Å². The first kappa shape index (κ1) is 17.4. The van der Waals surface area contributed by atoms with Gasteiger partial charge in [-0.2, -0.15) is 0 Å². The van der Waals surface area contributed by atoms with Crippen molar-refractivity contribution in [2.45, 2.75) is 13.4 Å². The molecule has 0 fully saturated rings. The Kier molecular flexibility index (Phi) is 18.8. The Bertz CT molecular complexity index is 84.4. The van der Waals surface area contributed by atoms with Crippen molar-refractivity contribution in [3.63, 3.8) is 0 Å². The zero-order chi connectivity index (χ0) is 9.28. The van der Waals surface area contributed by atoms with E-state index in [2.05, 4.69) is 14.2 Å². The van der Waals surface area contributed by atoms with E-state index >= 15 is 0 Å². The number of carboxylic acids is 1. The highest BCUT2D eigenvalue weighted by molar-refractivity contribution is 5.62. The molecule has 0 aliphatic heterocycles. The van der Waals surface area contributed by atoms with Crippen LogP contribution in [0.1, 0.15) is 6.92 Å². The molecule has 0 atom stereocenters. The predicted octanol–water partition coefficient (Wildman–Crippen LogP) is 0.462. The maximum Gasteiger partial charge on any atom is 0.300 e. The second kappa shape index (κ2) is 12.9. The number of methoxy groups -OCH3 is 3. The molecule has 6 nitrogen and oxygen atoms in total. The Balaban J connectivity index is -0.000000142. The van der Waals surface area contributed by atoms with Crippen molar-refractivity contribution in [3.8, 4) is 0 Å². The van der Waals surface area contributed by atoms with Gasteiger partial charge in [0.1, 0.15) is 0 Å². The second-order valence-corrected chi connectivity index (χ2v) is 1.51. The fraction of sp³-hybridized carbons (Fsp3) is 0.833. The number of carbonyl (C=O) groups is 1. The summed E-state index contributed by atoms with van der Waals surface area (Å²) in [6, 6.07) is 0. The Hall–Kier alpha value is -0.690. The first-order chi connectivity index (χ1) is 5.08. The number of hydrogen-bond acceptors (Lipinski definition) is 5. The predicted molar refractivity (Wildman–Crippen MR) is 43.1 cm³/mol. The van der Waals surface area contributed by atoms with E-state index in [9.17, 15) is 0 Å². The van der Waals surface area contributed by atoms with Gasteiger partial charge in [0, 0.05) is 28.3 Å². The van der Waals surface area contributed by atoms with Crippen molar-refractivity contribution in [1.29, 1.82) is 0 Å². The molecule has 0 aliphatic carbocycles. The number of hydrogen-bond donors (Lipinski definition) is 2. The van der Waals surface area contributed by atoms with Crippen LogP contribution in [0.3, 0.4) is 0 Å². The van der Waals surface area contributed by atoms with Gasteiger partial charge in [-0.05, 0) is 0 Å². The molecule has 0 bridgehead atoms. The van der Waals surface area contributed by atoms with Crippen molar-refractivity contribution in [2.75, 3.05) is 21.3 Å². The lowest BCUT2D eigenvalue weighted by Crippen LogP contribution is -2.14. The van der Waals surface area contributed by atoms with Gasteiger partial charge in [0.15, 0.2) is 0 Å². The number of ether oxygens (including phenoxy) is 3. The van der Waals surface area contributed by atoms with E-state index in [1.807, 2.05) is 0 Å². The Morgan fingerprint density at radius 3 is 1.33 bits per heavy atom. The number of carboxylic acid groups (broad SMARTS) is 1. The summed E-state index contributed by atoms with van der Waals surface area (Å²) >= 11 is 0. The second-order valence-electron chi connectivity index (χ2n) is 1.51. The van der Waals surface area contributed by atoms with Crippen LogP contribution in [0.15, 0.2) is 0 Å². The van der Waals surface area contributed by atoms with Gasteiger partial charge in [0.25, 0.3) is 12.4 Å². The van der Waals surface area contributed by atoms with Gasteiger partial charge in [0.05, 0.1) is 0 Å². The average Bonchev–Trinajstić information content (AvgIpc) is 1.90. The zero-order valence-corrected chi connectivity index (χ0v) is 7.86. The minimum Gasteiger partial charge on any atom is -0.481 e. The van der Waals surface area contributed by atoms with E-state index in [4.69, 9.17) is 9.90 Å². The summed E-state index contributed by atoms with van der Waals surface area (Å²) in [6.07, 6.45) is 0. The third-order valence-corrected chi connectivity index (χ3v) is 0.577. The van der Waals surface area contributed by atoms with Crippen LogP contribution in [-0.4, -0.2) is 38.9 Å². The third-order valence-electron chi connectivity index (χ3n) is 0.577. The highest BCUT2D eigenvalue weighted by Crippen LogP contribution is 1.87. The summed E-state index contributed by atoms with van der Waals surface area (Å²) in [5, 5.41) is 7.42. The molecular formula is C6H17NO5. The molecule has 6 heteroatoms. The van der Waals surface area contributed by atoms with Crippen LogP contribution in [0.5, 0.6) is 0 Å². The largest absolute Gasteiger partial charge is 0.481 e. The molecule has 0 spiro atoms. The van der Waals surface area contributed by atoms with Crippen LogP contribution in [0.25, 0.3) is 0 Å². The maximum absolute atomic E-state index is 9.00. The van der Waals surface area contributed by atoms with Gasteiger partial charge in [-0.3, -0.25) is 4.79 Å². The van der Waals surface area contributed by atoms with Crippen LogP contribution in [0.2, 0.25) is 0 Å². The summed E-state index contributed by atoms with van der Waals surface area (Å²) < 4.78 is 13.8. The summed E-state index contributed by atoms with van der Waals surface area (Å²) in [5.74, 6) is -0.833. The molecule has 0 heterocycles. The lowest BCUT2D eigenvalue weighted by Gasteiger charge is -2.08. The fourth-order valence-corrected chi connectivity index (χ4v) is 0.289. The van der Waals surface area contributed by atoms with Crippen LogP contribution in [-0.2, 0) is 19.0 Å². The number of aliphatic carboxylic acids is 1.